The second-order valence-electron chi connectivity index (χ2n) is 6.02. The van der Waals surface area contributed by atoms with Gasteiger partial charge < -0.3 is 9.84 Å². The lowest BCUT2D eigenvalue weighted by Gasteiger charge is -2.19. The zero-order valence-corrected chi connectivity index (χ0v) is 12.8. The highest BCUT2D eigenvalue weighted by Crippen LogP contribution is 2.34. The highest BCUT2D eigenvalue weighted by Gasteiger charge is 2.17. The number of benzene rings is 2. The second kappa shape index (κ2) is 5.60. The van der Waals surface area contributed by atoms with E-state index in [0.717, 1.165) is 11.1 Å². The van der Waals surface area contributed by atoms with Crippen LogP contribution in [0.5, 0.6) is 5.75 Å². The lowest BCUT2D eigenvalue weighted by molar-refractivity contribution is 0.0693. The van der Waals surface area contributed by atoms with Crippen molar-refractivity contribution < 1.29 is 14.6 Å². The minimum atomic E-state index is -0.986. The molecule has 0 aromatic heterocycles. The Morgan fingerprint density at radius 2 is 1.67 bits per heavy atom. The minimum Gasteiger partial charge on any atom is -0.495 e. The number of hydrogen-bond acceptors (Lipinski definition) is 2. The van der Waals surface area contributed by atoms with E-state index < -0.39 is 5.97 Å². The number of methoxy groups -OCH3 is 1. The molecule has 0 radical (unpaired) electrons. The van der Waals surface area contributed by atoms with E-state index in [-0.39, 0.29) is 11.0 Å². The maximum absolute atomic E-state index is 11.3. The van der Waals surface area contributed by atoms with Crippen LogP contribution in [-0.4, -0.2) is 18.2 Å². The first-order chi connectivity index (χ1) is 9.84. The Labute approximate surface area is 125 Å². The molecule has 0 aliphatic heterocycles. The van der Waals surface area contributed by atoms with Crippen LogP contribution < -0.4 is 4.74 Å². The SMILES string of the molecule is COc1c(C(=O)O)cccc1-c1ccc(C(C)(C)C)cc1. The summed E-state index contributed by atoms with van der Waals surface area (Å²) in [6.07, 6.45) is 0. The van der Waals surface area contributed by atoms with Crippen LogP contribution in [0.15, 0.2) is 42.5 Å². The third-order valence-electron chi connectivity index (χ3n) is 3.51. The molecule has 0 aliphatic rings. The van der Waals surface area contributed by atoms with E-state index >= 15 is 0 Å². The Morgan fingerprint density at radius 1 is 1.05 bits per heavy atom. The standard InChI is InChI=1S/C18H20O3/c1-18(2,3)13-10-8-12(9-11-13)14-6-5-7-15(17(19)20)16(14)21-4/h5-11H,1-4H3,(H,19,20). The first kappa shape index (κ1) is 15.1. The van der Waals surface area contributed by atoms with Crippen molar-refractivity contribution in [2.45, 2.75) is 26.2 Å². The van der Waals surface area contributed by atoms with Crippen LogP contribution in [-0.2, 0) is 5.41 Å². The fourth-order valence-electron chi connectivity index (χ4n) is 2.30. The highest BCUT2D eigenvalue weighted by molar-refractivity contribution is 5.94. The molecule has 0 amide bonds. The molecule has 0 heterocycles. The first-order valence-electron chi connectivity index (χ1n) is 6.86. The van der Waals surface area contributed by atoms with E-state index in [1.165, 1.54) is 12.7 Å². The van der Waals surface area contributed by atoms with Crippen LogP contribution in [0.3, 0.4) is 0 Å². The van der Waals surface area contributed by atoms with Crippen molar-refractivity contribution in [1.82, 2.24) is 0 Å². The fourth-order valence-corrected chi connectivity index (χ4v) is 2.30. The average molecular weight is 284 g/mol. The van der Waals surface area contributed by atoms with Crippen LogP contribution >= 0.6 is 0 Å². The first-order valence-corrected chi connectivity index (χ1v) is 6.86. The van der Waals surface area contributed by atoms with Crippen LogP contribution in [0.1, 0.15) is 36.7 Å². The maximum atomic E-state index is 11.3. The van der Waals surface area contributed by atoms with Gasteiger partial charge in [-0.05, 0) is 22.6 Å². The summed E-state index contributed by atoms with van der Waals surface area (Å²) in [6.45, 7) is 6.48. The van der Waals surface area contributed by atoms with Gasteiger partial charge in [0.25, 0.3) is 0 Å². The van der Waals surface area contributed by atoms with E-state index in [4.69, 9.17) is 4.74 Å². The Morgan fingerprint density at radius 3 is 2.14 bits per heavy atom. The van der Waals surface area contributed by atoms with Crippen LogP contribution in [0.2, 0.25) is 0 Å². The quantitative estimate of drug-likeness (QED) is 0.911. The van der Waals surface area contributed by atoms with E-state index in [1.54, 1.807) is 12.1 Å². The van der Waals surface area contributed by atoms with Crippen molar-refractivity contribution >= 4 is 5.97 Å². The zero-order chi connectivity index (χ0) is 15.6. The van der Waals surface area contributed by atoms with Gasteiger partial charge in [-0.1, -0.05) is 57.2 Å². The summed E-state index contributed by atoms with van der Waals surface area (Å²) in [5.74, 6) is -0.589. The predicted octanol–water partition coefficient (Wildman–Crippen LogP) is 4.36. The number of aromatic carboxylic acids is 1. The molecule has 0 saturated carbocycles. The molecule has 21 heavy (non-hydrogen) atoms. The molecule has 3 heteroatoms. The summed E-state index contributed by atoms with van der Waals surface area (Å²) >= 11 is 0. The van der Waals surface area contributed by atoms with E-state index in [2.05, 4.69) is 32.9 Å². The summed E-state index contributed by atoms with van der Waals surface area (Å²) in [7, 11) is 1.49. The number of carbonyl (C=O) groups is 1. The number of carboxylic acid groups (broad SMARTS) is 1. The lowest BCUT2D eigenvalue weighted by Crippen LogP contribution is -2.10. The predicted molar refractivity (Wildman–Crippen MR) is 84.1 cm³/mol. The summed E-state index contributed by atoms with van der Waals surface area (Å²) in [5, 5.41) is 9.24. The number of rotatable bonds is 3. The maximum Gasteiger partial charge on any atom is 0.339 e. The van der Waals surface area contributed by atoms with Crippen molar-refractivity contribution in [2.75, 3.05) is 7.11 Å². The van der Waals surface area contributed by atoms with Crippen molar-refractivity contribution in [3.05, 3.63) is 53.6 Å². The molecule has 0 atom stereocenters. The largest absolute Gasteiger partial charge is 0.495 e. The molecule has 0 fully saturated rings. The van der Waals surface area contributed by atoms with Crippen LogP contribution in [0.4, 0.5) is 0 Å². The Hall–Kier alpha value is -2.29. The lowest BCUT2D eigenvalue weighted by atomic mass is 9.86. The minimum absolute atomic E-state index is 0.0888. The van der Waals surface area contributed by atoms with Gasteiger partial charge in [-0.3, -0.25) is 0 Å². The monoisotopic (exact) mass is 284 g/mol. The highest BCUT2D eigenvalue weighted by atomic mass is 16.5. The number of para-hydroxylation sites is 1. The summed E-state index contributed by atoms with van der Waals surface area (Å²) < 4.78 is 5.31. The van der Waals surface area contributed by atoms with Gasteiger partial charge in [0.05, 0.1) is 7.11 Å². The van der Waals surface area contributed by atoms with Gasteiger partial charge >= 0.3 is 5.97 Å². The Kier molecular flexibility index (Phi) is 4.03. The fraction of sp³-hybridized carbons (Fsp3) is 0.278. The zero-order valence-electron chi connectivity index (χ0n) is 12.8. The van der Waals surface area contributed by atoms with Crippen molar-refractivity contribution in [2.24, 2.45) is 0 Å². The van der Waals surface area contributed by atoms with Crippen molar-refractivity contribution in [3.63, 3.8) is 0 Å². The van der Waals surface area contributed by atoms with Crippen LogP contribution in [0.25, 0.3) is 11.1 Å². The molecule has 2 rings (SSSR count). The molecule has 1 N–H and O–H groups in total. The molecule has 3 nitrogen and oxygen atoms in total. The number of hydrogen-bond donors (Lipinski definition) is 1. The third kappa shape index (κ3) is 3.07. The van der Waals surface area contributed by atoms with E-state index in [1.807, 2.05) is 18.2 Å². The smallest absolute Gasteiger partial charge is 0.339 e. The van der Waals surface area contributed by atoms with Gasteiger partial charge in [-0.15, -0.1) is 0 Å². The normalized spacial score (nSPS) is 11.2. The Balaban J connectivity index is 2.52. The molecular weight excluding hydrogens is 264 g/mol. The van der Waals surface area contributed by atoms with E-state index in [0.29, 0.717) is 5.75 Å². The molecule has 110 valence electrons. The van der Waals surface area contributed by atoms with Crippen molar-refractivity contribution in [1.29, 1.82) is 0 Å². The molecule has 2 aromatic carbocycles. The summed E-state index contributed by atoms with van der Waals surface area (Å²) in [4.78, 5) is 11.3. The van der Waals surface area contributed by atoms with Gasteiger partial charge in [0, 0.05) is 5.56 Å². The topological polar surface area (TPSA) is 46.5 Å². The van der Waals surface area contributed by atoms with Crippen LogP contribution in [0, 0.1) is 0 Å². The summed E-state index contributed by atoms with van der Waals surface area (Å²) in [5.41, 5.74) is 3.24. The second-order valence-corrected chi connectivity index (χ2v) is 6.02. The number of carboxylic acids is 1. The van der Waals surface area contributed by atoms with Crippen molar-refractivity contribution in [3.8, 4) is 16.9 Å². The van der Waals surface area contributed by atoms with Gasteiger partial charge in [0.1, 0.15) is 11.3 Å². The number of ether oxygens (including phenoxy) is 1. The molecular formula is C18H20O3. The van der Waals surface area contributed by atoms with Gasteiger partial charge in [-0.2, -0.15) is 0 Å². The van der Waals surface area contributed by atoms with Gasteiger partial charge in [0.15, 0.2) is 0 Å². The van der Waals surface area contributed by atoms with Gasteiger partial charge in [-0.25, -0.2) is 4.79 Å². The Bertz CT molecular complexity index is 649. The third-order valence-corrected chi connectivity index (χ3v) is 3.51. The molecule has 2 aromatic rings. The molecule has 0 saturated heterocycles. The molecule has 0 bridgehead atoms. The average Bonchev–Trinajstić information content (AvgIpc) is 2.45. The summed E-state index contributed by atoms with van der Waals surface area (Å²) in [6, 6.07) is 13.3. The molecule has 0 spiro atoms. The molecule has 0 unspecified atom stereocenters. The molecule has 0 aliphatic carbocycles. The van der Waals surface area contributed by atoms with Gasteiger partial charge in [0.2, 0.25) is 0 Å². The van der Waals surface area contributed by atoms with E-state index in [9.17, 15) is 9.90 Å².